The van der Waals surface area contributed by atoms with Gasteiger partial charge in [-0.05, 0) is 18.2 Å². The van der Waals surface area contributed by atoms with Crippen molar-refractivity contribution in [1.29, 1.82) is 0 Å². The minimum absolute atomic E-state index is 0.249. The molecule has 0 aliphatic heterocycles. The number of benzene rings is 3. The van der Waals surface area contributed by atoms with E-state index in [1.807, 2.05) is 6.07 Å². The number of para-hydroxylation sites is 1. The smallest absolute Gasteiger partial charge is 0.199 e. The monoisotopic (exact) mass is 347 g/mol. The molecule has 2 aromatic heterocycles. The highest BCUT2D eigenvalue weighted by Gasteiger charge is 2.28. The molecule has 1 nitrogen and oxygen atoms in total. The lowest BCUT2D eigenvalue weighted by molar-refractivity contribution is 0.417. The SMILES string of the molecule is Fc1c(F)c(F)c2c(c1F)c1cc(Cl)cc3c4ccccc4n2c31. The number of aromatic nitrogens is 1. The van der Waals surface area contributed by atoms with E-state index in [1.165, 1.54) is 10.5 Å². The van der Waals surface area contributed by atoms with E-state index in [9.17, 15) is 17.6 Å². The lowest BCUT2D eigenvalue weighted by Gasteiger charge is -2.03. The summed E-state index contributed by atoms with van der Waals surface area (Å²) in [6.07, 6.45) is 0. The molecule has 24 heavy (non-hydrogen) atoms. The molecule has 0 aliphatic carbocycles. The summed E-state index contributed by atoms with van der Waals surface area (Å²) in [5.41, 5.74) is 0.729. The zero-order valence-corrected chi connectivity index (χ0v) is 12.6. The Bertz CT molecular complexity index is 1310. The highest BCUT2D eigenvalue weighted by molar-refractivity contribution is 6.34. The van der Waals surface area contributed by atoms with Crippen molar-refractivity contribution in [2.75, 3.05) is 0 Å². The summed E-state index contributed by atoms with van der Waals surface area (Å²) in [4.78, 5) is 0. The number of rotatable bonds is 0. The summed E-state index contributed by atoms with van der Waals surface area (Å²) in [6, 6.07) is 10.2. The van der Waals surface area contributed by atoms with Gasteiger partial charge in [0.15, 0.2) is 23.3 Å². The lowest BCUT2D eigenvalue weighted by Crippen LogP contribution is -1.98. The van der Waals surface area contributed by atoms with E-state index in [2.05, 4.69) is 0 Å². The van der Waals surface area contributed by atoms with Gasteiger partial charge in [-0.25, -0.2) is 17.6 Å². The summed E-state index contributed by atoms with van der Waals surface area (Å²) >= 11 is 6.12. The van der Waals surface area contributed by atoms with Crippen LogP contribution in [-0.2, 0) is 0 Å². The van der Waals surface area contributed by atoms with Crippen molar-refractivity contribution < 1.29 is 17.6 Å². The van der Waals surface area contributed by atoms with Crippen LogP contribution in [0.4, 0.5) is 17.6 Å². The van der Waals surface area contributed by atoms with Crippen molar-refractivity contribution >= 4 is 49.7 Å². The van der Waals surface area contributed by atoms with Crippen LogP contribution in [0.2, 0.25) is 5.02 Å². The Morgan fingerprint density at radius 3 is 2.17 bits per heavy atom. The van der Waals surface area contributed by atoms with Crippen LogP contribution in [-0.4, -0.2) is 4.40 Å². The average molecular weight is 348 g/mol. The molecule has 0 bridgehead atoms. The minimum Gasteiger partial charge on any atom is -0.305 e. The van der Waals surface area contributed by atoms with E-state index in [-0.39, 0.29) is 16.3 Å². The van der Waals surface area contributed by atoms with Gasteiger partial charge in [0.25, 0.3) is 0 Å². The molecular weight excluding hydrogens is 342 g/mol. The summed E-state index contributed by atoms with van der Waals surface area (Å²) in [5, 5.41) is 1.69. The Labute approximate surface area is 137 Å². The van der Waals surface area contributed by atoms with Gasteiger partial charge < -0.3 is 4.40 Å². The van der Waals surface area contributed by atoms with Gasteiger partial charge >= 0.3 is 0 Å². The second-order valence-electron chi connectivity index (χ2n) is 5.68. The molecule has 0 atom stereocenters. The van der Waals surface area contributed by atoms with Gasteiger partial charge in [0.05, 0.1) is 21.9 Å². The summed E-state index contributed by atoms with van der Waals surface area (Å²) in [5.74, 6) is -6.48. The number of fused-ring (bicyclic) bond motifs is 6. The third-order valence-electron chi connectivity index (χ3n) is 4.47. The molecule has 0 radical (unpaired) electrons. The maximum absolute atomic E-state index is 14.5. The van der Waals surface area contributed by atoms with Crippen molar-refractivity contribution in [2.24, 2.45) is 0 Å². The average Bonchev–Trinajstić information content (AvgIpc) is 3.08. The van der Waals surface area contributed by atoms with Crippen LogP contribution in [0.25, 0.3) is 38.1 Å². The second-order valence-corrected chi connectivity index (χ2v) is 6.12. The fourth-order valence-electron chi connectivity index (χ4n) is 3.56. The third-order valence-corrected chi connectivity index (χ3v) is 4.69. The van der Waals surface area contributed by atoms with Crippen LogP contribution in [0.1, 0.15) is 0 Å². The van der Waals surface area contributed by atoms with Crippen LogP contribution in [0.3, 0.4) is 0 Å². The maximum Gasteiger partial charge on any atom is 0.199 e. The molecule has 0 fully saturated rings. The zero-order valence-electron chi connectivity index (χ0n) is 11.8. The fourth-order valence-corrected chi connectivity index (χ4v) is 3.78. The molecule has 0 saturated carbocycles. The molecule has 0 amide bonds. The maximum atomic E-state index is 14.5. The van der Waals surface area contributed by atoms with Gasteiger partial charge in [-0.3, -0.25) is 0 Å². The molecule has 0 spiro atoms. The number of halogens is 5. The van der Waals surface area contributed by atoms with Crippen LogP contribution < -0.4 is 0 Å². The predicted molar refractivity (Wildman–Crippen MR) is 85.9 cm³/mol. The summed E-state index contributed by atoms with van der Waals surface area (Å²) in [7, 11) is 0. The van der Waals surface area contributed by atoms with E-state index in [0.717, 1.165) is 5.39 Å². The molecule has 0 N–H and O–H groups in total. The van der Waals surface area contributed by atoms with Crippen LogP contribution in [0, 0.1) is 23.3 Å². The van der Waals surface area contributed by atoms with Crippen LogP contribution >= 0.6 is 11.6 Å². The minimum atomic E-state index is -1.82. The number of hydrogen-bond donors (Lipinski definition) is 0. The molecule has 0 unspecified atom stereocenters. The first-order valence-electron chi connectivity index (χ1n) is 7.10. The topological polar surface area (TPSA) is 4.41 Å². The molecule has 2 heterocycles. The van der Waals surface area contributed by atoms with E-state index < -0.39 is 23.3 Å². The molecule has 5 aromatic rings. The quantitative estimate of drug-likeness (QED) is 0.182. The van der Waals surface area contributed by atoms with E-state index in [0.29, 0.717) is 21.4 Å². The Balaban J connectivity index is 2.29. The first kappa shape index (κ1) is 13.9. The van der Waals surface area contributed by atoms with E-state index >= 15 is 0 Å². The van der Waals surface area contributed by atoms with Crippen molar-refractivity contribution in [3.05, 3.63) is 64.7 Å². The third kappa shape index (κ3) is 1.42. The standard InChI is InChI=1S/C18H6ClF4N/c19-7-5-9-8-3-1-2-4-11(8)24-17(9)10(6-7)12-13(20)14(21)15(22)16(23)18(12)24/h1-6H. The van der Waals surface area contributed by atoms with Crippen LogP contribution in [0.5, 0.6) is 0 Å². The lowest BCUT2D eigenvalue weighted by atomic mass is 10.1. The second kappa shape index (κ2) is 4.30. The molecule has 5 rings (SSSR count). The molecule has 6 heteroatoms. The zero-order chi connectivity index (χ0) is 16.7. The predicted octanol–water partition coefficient (Wildman–Crippen LogP) is 6.05. The largest absolute Gasteiger partial charge is 0.305 e. The first-order valence-corrected chi connectivity index (χ1v) is 7.48. The molecule has 118 valence electrons. The van der Waals surface area contributed by atoms with Gasteiger partial charge in [-0.2, -0.15) is 0 Å². The molecule has 0 saturated heterocycles. The van der Waals surface area contributed by atoms with Gasteiger partial charge in [0.1, 0.15) is 0 Å². The Kier molecular flexibility index (Phi) is 2.49. The Morgan fingerprint density at radius 2 is 1.38 bits per heavy atom. The Hall–Kier alpha value is -2.53. The van der Waals surface area contributed by atoms with Crippen molar-refractivity contribution in [3.63, 3.8) is 0 Å². The first-order chi connectivity index (χ1) is 11.5. The number of hydrogen-bond acceptors (Lipinski definition) is 0. The molecule has 3 aromatic carbocycles. The molecule has 0 aliphatic rings. The normalized spacial score (nSPS) is 12.4. The van der Waals surface area contributed by atoms with E-state index in [4.69, 9.17) is 11.6 Å². The van der Waals surface area contributed by atoms with Crippen LogP contribution in [0.15, 0.2) is 36.4 Å². The number of nitrogens with zero attached hydrogens (tertiary/aromatic N) is 1. The Morgan fingerprint density at radius 1 is 0.708 bits per heavy atom. The van der Waals surface area contributed by atoms with Gasteiger partial charge in [-0.15, -0.1) is 0 Å². The van der Waals surface area contributed by atoms with Gasteiger partial charge in [0, 0.05) is 21.2 Å². The fraction of sp³-hybridized carbons (Fsp3) is 0. The summed E-state index contributed by atoms with van der Waals surface area (Å²) in [6.45, 7) is 0. The molecular formula is C18H6ClF4N. The van der Waals surface area contributed by atoms with Gasteiger partial charge in [-0.1, -0.05) is 29.8 Å². The highest BCUT2D eigenvalue weighted by atomic mass is 35.5. The van der Waals surface area contributed by atoms with Crippen molar-refractivity contribution in [3.8, 4) is 0 Å². The van der Waals surface area contributed by atoms with E-state index in [1.54, 1.807) is 24.3 Å². The van der Waals surface area contributed by atoms with Crippen molar-refractivity contribution in [2.45, 2.75) is 0 Å². The highest BCUT2D eigenvalue weighted by Crippen LogP contribution is 2.43. The van der Waals surface area contributed by atoms with Crippen molar-refractivity contribution in [1.82, 2.24) is 4.40 Å². The van der Waals surface area contributed by atoms with Gasteiger partial charge in [0.2, 0.25) is 0 Å². The summed E-state index contributed by atoms with van der Waals surface area (Å²) < 4.78 is 57.9.